The van der Waals surface area contributed by atoms with E-state index in [2.05, 4.69) is 10.2 Å². The largest absolute Gasteiger partial charge is 0.369 e. The van der Waals surface area contributed by atoms with Gasteiger partial charge in [0.25, 0.3) is 0 Å². The number of aromatic nitrogens is 3. The molecule has 0 aliphatic heterocycles. The van der Waals surface area contributed by atoms with Gasteiger partial charge in [-0.15, -0.1) is 10.2 Å². The lowest BCUT2D eigenvalue weighted by Gasteiger charge is -2.20. The van der Waals surface area contributed by atoms with Crippen LogP contribution >= 0.6 is 23.4 Å². The molecule has 0 fully saturated rings. The van der Waals surface area contributed by atoms with E-state index in [1.54, 1.807) is 6.92 Å². The van der Waals surface area contributed by atoms with Crippen molar-refractivity contribution in [1.29, 1.82) is 0 Å². The molecule has 0 radical (unpaired) electrons. The van der Waals surface area contributed by atoms with Gasteiger partial charge in [0.15, 0.2) is 11.0 Å². The number of thioether (sulfide) groups is 1. The van der Waals surface area contributed by atoms with Crippen LogP contribution in [0.2, 0.25) is 5.02 Å². The second-order valence-corrected chi connectivity index (χ2v) is 7.20. The molecule has 0 saturated heterocycles. The summed E-state index contributed by atoms with van der Waals surface area (Å²) in [6.45, 7) is 3.80. The topological polar surface area (TPSA) is 77.0 Å². The Kier molecular flexibility index (Phi) is 5.67. The Morgan fingerprint density at radius 3 is 2.39 bits per heavy atom. The molecule has 2 N–H and O–H groups in total. The molecule has 1 amide bonds. The predicted molar refractivity (Wildman–Crippen MR) is 93.0 cm³/mol. The van der Waals surface area contributed by atoms with E-state index in [0.717, 1.165) is 11.5 Å². The van der Waals surface area contributed by atoms with E-state index in [-0.39, 0.29) is 11.9 Å². The number of amides is 1. The van der Waals surface area contributed by atoms with Crippen LogP contribution in [-0.4, -0.2) is 44.9 Å². The summed E-state index contributed by atoms with van der Waals surface area (Å²) in [7, 11) is 3.95. The van der Waals surface area contributed by atoms with Crippen LogP contribution in [0.15, 0.2) is 29.4 Å². The van der Waals surface area contributed by atoms with Crippen molar-refractivity contribution in [3.63, 3.8) is 0 Å². The minimum atomic E-state index is -0.396. The summed E-state index contributed by atoms with van der Waals surface area (Å²) in [6.07, 6.45) is 0. The van der Waals surface area contributed by atoms with Crippen LogP contribution in [0, 0.1) is 0 Å². The summed E-state index contributed by atoms with van der Waals surface area (Å²) in [6, 6.07) is 7.48. The molecule has 124 valence electrons. The molecule has 8 heteroatoms. The third-order valence-corrected chi connectivity index (χ3v) is 4.89. The highest BCUT2D eigenvalue weighted by molar-refractivity contribution is 8.00. The molecule has 0 saturated carbocycles. The lowest BCUT2D eigenvalue weighted by atomic mass is 10.2. The number of hydrogen-bond acceptors (Lipinski definition) is 5. The standard InChI is InChI=1S/C15H20ClN5OS/c1-9(20(3)4)14-18-19-15(23-10(2)13(17)22)21(14)12-7-5-11(16)6-8-12/h5-10H,1-4H3,(H2,17,22)/t9-,10-/m1/s1. The van der Waals surface area contributed by atoms with Crippen LogP contribution in [0.25, 0.3) is 5.69 Å². The Hall–Kier alpha value is -1.57. The van der Waals surface area contributed by atoms with Crippen molar-refractivity contribution in [3.05, 3.63) is 35.1 Å². The van der Waals surface area contributed by atoms with Crippen molar-refractivity contribution < 1.29 is 4.79 Å². The van der Waals surface area contributed by atoms with Gasteiger partial charge < -0.3 is 5.73 Å². The summed E-state index contributed by atoms with van der Waals surface area (Å²) < 4.78 is 1.94. The number of primary amides is 1. The number of nitrogens with zero attached hydrogens (tertiary/aromatic N) is 4. The van der Waals surface area contributed by atoms with Crippen molar-refractivity contribution in [2.75, 3.05) is 14.1 Å². The number of hydrogen-bond donors (Lipinski definition) is 1. The predicted octanol–water partition coefficient (Wildman–Crippen LogP) is 2.51. The summed E-state index contributed by atoms with van der Waals surface area (Å²) in [5.41, 5.74) is 6.26. The van der Waals surface area contributed by atoms with Gasteiger partial charge in [0.05, 0.1) is 11.3 Å². The molecule has 2 aromatic rings. The molecule has 0 unspecified atom stereocenters. The number of carbonyl (C=O) groups excluding carboxylic acids is 1. The van der Waals surface area contributed by atoms with Crippen LogP contribution in [-0.2, 0) is 4.79 Å². The zero-order valence-electron chi connectivity index (χ0n) is 13.5. The fourth-order valence-corrected chi connectivity index (χ4v) is 2.86. The zero-order valence-corrected chi connectivity index (χ0v) is 15.1. The molecule has 6 nitrogen and oxygen atoms in total. The molecule has 0 bridgehead atoms. The maximum absolute atomic E-state index is 11.4. The van der Waals surface area contributed by atoms with Gasteiger partial charge in [-0.05, 0) is 52.2 Å². The molecule has 2 rings (SSSR count). The smallest absolute Gasteiger partial charge is 0.230 e. The lowest BCUT2D eigenvalue weighted by Crippen LogP contribution is -2.23. The summed E-state index contributed by atoms with van der Waals surface area (Å²) in [5, 5.41) is 9.45. The van der Waals surface area contributed by atoms with Crippen molar-refractivity contribution in [1.82, 2.24) is 19.7 Å². The number of nitrogens with two attached hydrogens (primary N) is 1. The average Bonchev–Trinajstić information content (AvgIpc) is 2.90. The molecule has 1 heterocycles. The normalized spacial score (nSPS) is 14.0. The first-order valence-electron chi connectivity index (χ1n) is 7.15. The minimum absolute atomic E-state index is 0.0522. The minimum Gasteiger partial charge on any atom is -0.369 e. The molecule has 0 aliphatic rings. The van der Waals surface area contributed by atoms with Gasteiger partial charge in [-0.25, -0.2) is 0 Å². The molecular weight excluding hydrogens is 334 g/mol. The van der Waals surface area contributed by atoms with E-state index in [4.69, 9.17) is 17.3 Å². The van der Waals surface area contributed by atoms with E-state index in [0.29, 0.717) is 10.2 Å². The lowest BCUT2D eigenvalue weighted by molar-refractivity contribution is -0.117. The zero-order chi connectivity index (χ0) is 17.1. The van der Waals surface area contributed by atoms with Crippen molar-refractivity contribution >= 4 is 29.3 Å². The number of halogens is 1. The Balaban J connectivity index is 2.51. The second kappa shape index (κ2) is 7.33. The quantitative estimate of drug-likeness (QED) is 0.807. The van der Waals surface area contributed by atoms with Crippen LogP contribution in [0.5, 0.6) is 0 Å². The summed E-state index contributed by atoms with van der Waals surface area (Å²) >= 11 is 7.27. The van der Waals surface area contributed by atoms with Gasteiger partial charge in [-0.1, -0.05) is 23.4 Å². The summed E-state index contributed by atoms with van der Waals surface area (Å²) in [4.78, 5) is 13.4. The average molecular weight is 354 g/mol. The number of rotatable bonds is 6. The Morgan fingerprint density at radius 2 is 1.87 bits per heavy atom. The Labute approximate surface area is 145 Å². The molecule has 23 heavy (non-hydrogen) atoms. The van der Waals surface area contributed by atoms with E-state index < -0.39 is 5.25 Å². The van der Waals surface area contributed by atoms with Crippen LogP contribution in [0.4, 0.5) is 0 Å². The van der Waals surface area contributed by atoms with Crippen LogP contribution in [0.1, 0.15) is 25.7 Å². The molecule has 2 atom stereocenters. The van der Waals surface area contributed by atoms with Crippen LogP contribution in [0.3, 0.4) is 0 Å². The van der Waals surface area contributed by atoms with Crippen molar-refractivity contribution in [2.24, 2.45) is 5.73 Å². The van der Waals surface area contributed by atoms with E-state index in [1.807, 2.05) is 54.8 Å². The SMILES string of the molecule is C[C@H](c1nnc(S[C@H](C)C(N)=O)n1-c1ccc(Cl)cc1)N(C)C. The maximum Gasteiger partial charge on any atom is 0.230 e. The molecule has 0 spiro atoms. The Morgan fingerprint density at radius 1 is 1.26 bits per heavy atom. The first-order valence-corrected chi connectivity index (χ1v) is 8.40. The molecular formula is C15H20ClN5OS. The first-order chi connectivity index (χ1) is 10.8. The third-order valence-electron chi connectivity index (χ3n) is 3.57. The van der Waals surface area contributed by atoms with Gasteiger partial charge in [0, 0.05) is 10.7 Å². The highest BCUT2D eigenvalue weighted by Crippen LogP contribution is 2.29. The van der Waals surface area contributed by atoms with Crippen molar-refractivity contribution in [3.8, 4) is 5.69 Å². The van der Waals surface area contributed by atoms with Crippen LogP contribution < -0.4 is 5.73 Å². The van der Waals surface area contributed by atoms with E-state index in [9.17, 15) is 4.79 Å². The monoisotopic (exact) mass is 353 g/mol. The molecule has 1 aromatic carbocycles. The Bertz CT molecular complexity index is 686. The second-order valence-electron chi connectivity index (χ2n) is 5.45. The van der Waals surface area contributed by atoms with E-state index in [1.165, 1.54) is 11.8 Å². The highest BCUT2D eigenvalue weighted by atomic mass is 35.5. The van der Waals surface area contributed by atoms with E-state index >= 15 is 0 Å². The fourth-order valence-electron chi connectivity index (χ4n) is 1.91. The fraction of sp³-hybridized carbons (Fsp3) is 0.400. The summed E-state index contributed by atoms with van der Waals surface area (Å²) in [5.74, 6) is 0.402. The number of benzene rings is 1. The molecule has 0 aliphatic carbocycles. The van der Waals surface area contributed by atoms with Gasteiger partial charge in [-0.2, -0.15) is 0 Å². The van der Waals surface area contributed by atoms with Gasteiger partial charge >= 0.3 is 0 Å². The highest BCUT2D eigenvalue weighted by Gasteiger charge is 2.23. The van der Waals surface area contributed by atoms with Crippen molar-refractivity contribution in [2.45, 2.75) is 30.3 Å². The first kappa shape index (κ1) is 17.8. The third kappa shape index (κ3) is 4.04. The number of carbonyl (C=O) groups is 1. The van der Waals surface area contributed by atoms with Gasteiger partial charge in [0.1, 0.15) is 0 Å². The van der Waals surface area contributed by atoms with Gasteiger partial charge in [-0.3, -0.25) is 14.3 Å². The molecule has 1 aromatic heterocycles. The maximum atomic E-state index is 11.4. The van der Waals surface area contributed by atoms with Gasteiger partial charge in [0.2, 0.25) is 5.91 Å².